The molecule has 7 nitrogen and oxygen atoms in total. The Balaban J connectivity index is 1.95. The number of benzene rings is 1. The second-order valence-electron chi connectivity index (χ2n) is 4.20. The lowest BCUT2D eigenvalue weighted by atomic mass is 10.1. The van der Waals surface area contributed by atoms with Crippen molar-refractivity contribution in [3.05, 3.63) is 33.1 Å². The minimum atomic E-state index is -0.472. The van der Waals surface area contributed by atoms with Crippen molar-refractivity contribution in [1.29, 1.82) is 0 Å². The van der Waals surface area contributed by atoms with Crippen LogP contribution in [-0.2, 0) is 4.74 Å². The second kappa shape index (κ2) is 4.64. The Bertz CT molecular complexity index is 587. The molecule has 0 bridgehead atoms. The van der Waals surface area contributed by atoms with Crippen molar-refractivity contribution in [3.8, 4) is 5.75 Å². The molecule has 19 heavy (non-hydrogen) atoms. The topological polar surface area (TPSA) is 87.5 Å². The van der Waals surface area contributed by atoms with Gasteiger partial charge in [0.1, 0.15) is 24.5 Å². The molecule has 1 saturated heterocycles. The number of azide groups is 1. The van der Waals surface area contributed by atoms with E-state index in [9.17, 15) is 4.79 Å². The fourth-order valence-corrected chi connectivity index (χ4v) is 2.62. The lowest BCUT2D eigenvalue weighted by molar-refractivity contribution is 0.126. The number of amides is 1. The van der Waals surface area contributed by atoms with E-state index in [1.54, 1.807) is 17.0 Å². The first kappa shape index (κ1) is 12.1. The third-order valence-electron chi connectivity index (χ3n) is 3.13. The lowest BCUT2D eigenvalue weighted by Gasteiger charge is -2.30. The number of hydrogen-bond donors (Lipinski definition) is 0. The van der Waals surface area contributed by atoms with Crippen molar-refractivity contribution in [2.45, 2.75) is 12.1 Å². The van der Waals surface area contributed by atoms with Gasteiger partial charge in [-0.1, -0.05) is 21.0 Å². The highest BCUT2D eigenvalue weighted by atomic mass is 79.9. The Labute approximate surface area is 116 Å². The number of halogens is 1. The fraction of sp³-hybridized carbons (Fsp3) is 0.364. The van der Waals surface area contributed by atoms with Crippen molar-refractivity contribution < 1.29 is 14.3 Å². The predicted octanol–water partition coefficient (Wildman–Crippen LogP) is 2.85. The number of cyclic esters (lactones) is 1. The third kappa shape index (κ3) is 1.98. The van der Waals surface area contributed by atoms with Crippen LogP contribution in [0.4, 0.5) is 10.5 Å². The summed E-state index contributed by atoms with van der Waals surface area (Å²) in [5, 5.41) is 3.46. The second-order valence-corrected chi connectivity index (χ2v) is 5.11. The average molecular weight is 325 g/mol. The van der Waals surface area contributed by atoms with E-state index in [0.717, 1.165) is 4.47 Å². The number of hydrogen-bond acceptors (Lipinski definition) is 4. The Morgan fingerprint density at radius 1 is 1.58 bits per heavy atom. The van der Waals surface area contributed by atoms with Gasteiger partial charge in [0.2, 0.25) is 0 Å². The Hall–Kier alpha value is -1.92. The summed E-state index contributed by atoms with van der Waals surface area (Å²) in [6, 6.07) is 5.17. The van der Waals surface area contributed by atoms with Crippen molar-refractivity contribution in [1.82, 2.24) is 0 Å². The van der Waals surface area contributed by atoms with Crippen LogP contribution >= 0.6 is 15.9 Å². The van der Waals surface area contributed by atoms with Crippen LogP contribution in [0.2, 0.25) is 0 Å². The number of carbonyl (C=O) groups excluding carboxylic acids is 1. The molecule has 0 spiro atoms. The molecule has 0 aromatic heterocycles. The maximum atomic E-state index is 11.9. The van der Waals surface area contributed by atoms with E-state index >= 15 is 0 Å². The van der Waals surface area contributed by atoms with E-state index in [1.807, 2.05) is 6.07 Å². The van der Waals surface area contributed by atoms with Gasteiger partial charge >= 0.3 is 6.09 Å². The van der Waals surface area contributed by atoms with Gasteiger partial charge in [-0.25, -0.2) is 4.79 Å². The largest absolute Gasteiger partial charge is 0.489 e. The van der Waals surface area contributed by atoms with E-state index in [-0.39, 0.29) is 12.6 Å². The van der Waals surface area contributed by atoms with Crippen LogP contribution in [0.15, 0.2) is 27.8 Å². The average Bonchev–Trinajstić information content (AvgIpc) is 2.73. The normalized spacial score (nSPS) is 23.8. The molecule has 2 atom stereocenters. The standard InChI is InChI=1S/C11H9BrN4O3/c12-6-1-2-7-9(3-6)18-5-8-10(4-14-15-13)19-11(17)16(7)8/h1-3,8,10H,4-5H2/t8-,10+/m1/s1. The number of nitrogens with zero attached hydrogens (tertiary/aromatic N) is 4. The molecule has 2 aliphatic rings. The van der Waals surface area contributed by atoms with Gasteiger partial charge in [0.25, 0.3) is 0 Å². The van der Waals surface area contributed by atoms with Gasteiger partial charge in [0, 0.05) is 9.38 Å². The summed E-state index contributed by atoms with van der Waals surface area (Å²) in [4.78, 5) is 16.2. The van der Waals surface area contributed by atoms with Gasteiger partial charge in [-0.3, -0.25) is 4.90 Å². The molecule has 98 valence electrons. The lowest BCUT2D eigenvalue weighted by Crippen LogP contribution is -2.45. The van der Waals surface area contributed by atoms with Gasteiger partial charge in [-0.2, -0.15) is 0 Å². The highest BCUT2D eigenvalue weighted by Crippen LogP contribution is 2.40. The Morgan fingerprint density at radius 2 is 2.42 bits per heavy atom. The predicted molar refractivity (Wildman–Crippen MR) is 70.2 cm³/mol. The zero-order chi connectivity index (χ0) is 13.4. The first-order valence-corrected chi connectivity index (χ1v) is 6.43. The molecular weight excluding hydrogens is 316 g/mol. The van der Waals surface area contributed by atoms with Crippen LogP contribution in [0.3, 0.4) is 0 Å². The summed E-state index contributed by atoms with van der Waals surface area (Å²) >= 11 is 3.35. The molecule has 2 aliphatic heterocycles. The van der Waals surface area contributed by atoms with E-state index < -0.39 is 12.2 Å². The van der Waals surface area contributed by atoms with Crippen molar-refractivity contribution in [3.63, 3.8) is 0 Å². The summed E-state index contributed by atoms with van der Waals surface area (Å²) in [7, 11) is 0. The van der Waals surface area contributed by atoms with Crippen LogP contribution in [-0.4, -0.2) is 31.4 Å². The summed E-state index contributed by atoms with van der Waals surface area (Å²) in [5.41, 5.74) is 9.02. The van der Waals surface area contributed by atoms with Crippen LogP contribution in [0.25, 0.3) is 10.4 Å². The number of anilines is 1. The van der Waals surface area contributed by atoms with E-state index in [1.165, 1.54) is 0 Å². The number of rotatable bonds is 2. The molecule has 0 unspecified atom stereocenters. The molecular formula is C11H9BrN4O3. The molecule has 1 amide bonds. The first-order valence-electron chi connectivity index (χ1n) is 5.64. The zero-order valence-electron chi connectivity index (χ0n) is 9.69. The summed E-state index contributed by atoms with van der Waals surface area (Å²) in [5.74, 6) is 0.631. The third-order valence-corrected chi connectivity index (χ3v) is 3.62. The molecule has 0 saturated carbocycles. The fourth-order valence-electron chi connectivity index (χ4n) is 2.28. The van der Waals surface area contributed by atoms with E-state index in [0.29, 0.717) is 18.0 Å². The van der Waals surface area contributed by atoms with E-state index in [4.69, 9.17) is 15.0 Å². The van der Waals surface area contributed by atoms with Gasteiger partial charge in [-0.05, 0) is 23.7 Å². The number of fused-ring (bicyclic) bond motifs is 3. The van der Waals surface area contributed by atoms with E-state index in [2.05, 4.69) is 26.0 Å². The molecule has 0 N–H and O–H groups in total. The summed E-state index contributed by atoms with van der Waals surface area (Å²) in [6.45, 7) is 0.430. The monoisotopic (exact) mass is 324 g/mol. The molecule has 0 radical (unpaired) electrons. The molecule has 1 aromatic carbocycles. The molecule has 0 aliphatic carbocycles. The smallest absolute Gasteiger partial charge is 0.415 e. The maximum absolute atomic E-state index is 11.9. The molecule has 3 rings (SSSR count). The Morgan fingerprint density at radius 3 is 3.21 bits per heavy atom. The highest BCUT2D eigenvalue weighted by Gasteiger charge is 2.46. The van der Waals surface area contributed by atoms with Gasteiger partial charge in [-0.15, -0.1) is 0 Å². The minimum Gasteiger partial charge on any atom is -0.489 e. The van der Waals surface area contributed by atoms with Crippen molar-refractivity contribution in [2.75, 3.05) is 18.1 Å². The first-order chi connectivity index (χ1) is 9.20. The van der Waals surface area contributed by atoms with Crippen LogP contribution in [0, 0.1) is 0 Å². The number of ether oxygens (including phenoxy) is 2. The van der Waals surface area contributed by atoms with Crippen LogP contribution in [0.1, 0.15) is 0 Å². The van der Waals surface area contributed by atoms with Gasteiger partial charge < -0.3 is 9.47 Å². The summed E-state index contributed by atoms with van der Waals surface area (Å²) < 4.78 is 11.7. The van der Waals surface area contributed by atoms with Gasteiger partial charge in [0.15, 0.2) is 0 Å². The Kier molecular flexibility index (Phi) is 2.96. The molecule has 1 fully saturated rings. The molecule has 1 aromatic rings. The zero-order valence-corrected chi connectivity index (χ0v) is 11.3. The number of carbonyl (C=O) groups is 1. The minimum absolute atomic E-state index is 0.110. The van der Waals surface area contributed by atoms with Gasteiger partial charge in [0.05, 0.1) is 12.2 Å². The van der Waals surface area contributed by atoms with Crippen LogP contribution < -0.4 is 9.64 Å². The molecule has 8 heteroatoms. The highest BCUT2D eigenvalue weighted by molar-refractivity contribution is 9.10. The SMILES string of the molecule is [N-]=[N+]=NC[C@@H]1OC(=O)N2c3ccc(Br)cc3OC[C@H]12. The maximum Gasteiger partial charge on any atom is 0.415 e. The van der Waals surface area contributed by atoms with Crippen molar-refractivity contribution >= 4 is 27.7 Å². The van der Waals surface area contributed by atoms with Crippen molar-refractivity contribution in [2.24, 2.45) is 5.11 Å². The van der Waals surface area contributed by atoms with Crippen LogP contribution in [0.5, 0.6) is 5.75 Å². The molecule has 2 heterocycles. The summed E-state index contributed by atoms with van der Waals surface area (Å²) in [6.07, 6.45) is -0.907. The quantitative estimate of drug-likeness (QED) is 0.476.